The van der Waals surface area contributed by atoms with Crippen molar-refractivity contribution in [3.05, 3.63) is 35.9 Å². The third-order valence-electron chi connectivity index (χ3n) is 2.71. The van der Waals surface area contributed by atoms with Gasteiger partial charge in [0.25, 0.3) is 0 Å². The number of hydrogen-bond donors (Lipinski definition) is 1. The first kappa shape index (κ1) is 13.6. The lowest BCUT2D eigenvalue weighted by molar-refractivity contribution is 0.522. The highest BCUT2D eigenvalue weighted by Gasteiger charge is 2.10. The minimum atomic E-state index is 0.570. The van der Waals surface area contributed by atoms with Gasteiger partial charge in [0.15, 0.2) is 0 Å². The summed E-state index contributed by atoms with van der Waals surface area (Å²) in [5.41, 5.74) is 1.46. The van der Waals surface area contributed by atoms with Gasteiger partial charge in [-0.25, -0.2) is 0 Å². The molecule has 2 heteroatoms. The fraction of sp³-hybridized carbons (Fsp3) is 0.571. The van der Waals surface area contributed by atoms with Gasteiger partial charge in [-0.05, 0) is 29.9 Å². The number of hydrogen-bond acceptors (Lipinski definition) is 2. The summed E-state index contributed by atoms with van der Waals surface area (Å²) < 4.78 is 0. The maximum Gasteiger partial charge on any atom is 0.00228 e. The van der Waals surface area contributed by atoms with E-state index in [9.17, 15) is 0 Å². The van der Waals surface area contributed by atoms with Crippen molar-refractivity contribution in [3.8, 4) is 0 Å². The highest BCUT2D eigenvalue weighted by Crippen LogP contribution is 2.20. The monoisotopic (exact) mass is 237 g/mol. The Labute approximate surface area is 104 Å². The second-order valence-electron chi connectivity index (χ2n) is 4.45. The Morgan fingerprint density at radius 3 is 2.44 bits per heavy atom. The van der Waals surface area contributed by atoms with E-state index < -0.39 is 0 Å². The molecule has 0 aliphatic carbocycles. The molecule has 0 amide bonds. The van der Waals surface area contributed by atoms with E-state index >= 15 is 0 Å². The largest absolute Gasteiger partial charge is 0.314 e. The van der Waals surface area contributed by atoms with Crippen LogP contribution in [0.5, 0.6) is 0 Å². The van der Waals surface area contributed by atoms with Gasteiger partial charge >= 0.3 is 0 Å². The van der Waals surface area contributed by atoms with Crippen LogP contribution in [0, 0.1) is 0 Å². The minimum Gasteiger partial charge on any atom is -0.314 e. The van der Waals surface area contributed by atoms with Gasteiger partial charge in [-0.15, -0.1) is 0 Å². The van der Waals surface area contributed by atoms with Crippen molar-refractivity contribution in [2.24, 2.45) is 0 Å². The molecular formula is C14H23NS. The zero-order valence-electron chi connectivity index (χ0n) is 10.6. The smallest absolute Gasteiger partial charge is 0.00228 e. The Bertz CT molecular complexity index is 271. The van der Waals surface area contributed by atoms with Crippen LogP contribution in [0.25, 0.3) is 0 Å². The Morgan fingerprint density at radius 2 is 1.88 bits per heavy atom. The van der Waals surface area contributed by atoms with Crippen LogP contribution in [-0.4, -0.2) is 24.6 Å². The summed E-state index contributed by atoms with van der Waals surface area (Å²) >= 11 is 1.93. The van der Waals surface area contributed by atoms with Crippen molar-refractivity contribution in [1.29, 1.82) is 0 Å². The maximum atomic E-state index is 3.54. The van der Waals surface area contributed by atoms with Crippen LogP contribution >= 0.6 is 11.8 Å². The first-order chi connectivity index (χ1) is 7.74. The lowest BCUT2D eigenvalue weighted by atomic mass is 9.96. The standard InChI is InChI=1S/C14H23NS/c1-12(2)15-11-14(9-10-16-3)13-7-5-4-6-8-13/h4-8,12,14-15H,9-11H2,1-3H3. The van der Waals surface area contributed by atoms with Crippen molar-refractivity contribution >= 4 is 11.8 Å². The lowest BCUT2D eigenvalue weighted by Gasteiger charge is -2.19. The highest BCUT2D eigenvalue weighted by molar-refractivity contribution is 7.98. The molecule has 0 saturated heterocycles. The first-order valence-corrected chi connectivity index (χ1v) is 7.40. The molecule has 0 radical (unpaired) electrons. The minimum absolute atomic E-state index is 0.570. The quantitative estimate of drug-likeness (QED) is 0.778. The molecule has 90 valence electrons. The Hall–Kier alpha value is -0.470. The van der Waals surface area contributed by atoms with Crippen molar-refractivity contribution in [2.75, 3.05) is 18.6 Å². The molecule has 1 unspecified atom stereocenters. The van der Waals surface area contributed by atoms with Crippen molar-refractivity contribution in [2.45, 2.75) is 32.2 Å². The number of rotatable bonds is 7. The van der Waals surface area contributed by atoms with Crippen molar-refractivity contribution in [1.82, 2.24) is 5.32 Å². The fourth-order valence-electron chi connectivity index (χ4n) is 1.75. The normalized spacial score (nSPS) is 13.0. The van der Waals surface area contributed by atoms with Gasteiger partial charge in [0.1, 0.15) is 0 Å². The third kappa shape index (κ3) is 5.04. The van der Waals surface area contributed by atoms with E-state index in [4.69, 9.17) is 0 Å². The molecule has 1 aromatic rings. The predicted molar refractivity (Wildman–Crippen MR) is 75.3 cm³/mol. The Morgan fingerprint density at radius 1 is 1.19 bits per heavy atom. The van der Waals surface area contributed by atoms with E-state index in [1.807, 2.05) is 11.8 Å². The number of benzene rings is 1. The summed E-state index contributed by atoms with van der Waals surface area (Å²) in [6.07, 6.45) is 3.43. The molecule has 0 aliphatic rings. The molecule has 0 aliphatic heterocycles. The fourth-order valence-corrected chi connectivity index (χ4v) is 2.27. The van der Waals surface area contributed by atoms with Crippen LogP contribution in [0.2, 0.25) is 0 Å². The van der Waals surface area contributed by atoms with Crippen LogP contribution in [0.4, 0.5) is 0 Å². The van der Waals surface area contributed by atoms with E-state index in [-0.39, 0.29) is 0 Å². The SMILES string of the molecule is CSCCC(CNC(C)C)c1ccccc1. The van der Waals surface area contributed by atoms with Gasteiger partial charge in [0.05, 0.1) is 0 Å². The van der Waals surface area contributed by atoms with E-state index in [0.29, 0.717) is 12.0 Å². The molecule has 1 nitrogen and oxygen atoms in total. The maximum absolute atomic E-state index is 3.54. The molecule has 0 heterocycles. The summed E-state index contributed by atoms with van der Waals surface area (Å²) in [5, 5.41) is 3.54. The van der Waals surface area contributed by atoms with Crippen LogP contribution in [-0.2, 0) is 0 Å². The number of nitrogens with one attached hydrogen (secondary N) is 1. The molecule has 1 aromatic carbocycles. The molecule has 0 aromatic heterocycles. The van der Waals surface area contributed by atoms with E-state index in [1.165, 1.54) is 17.7 Å². The average molecular weight is 237 g/mol. The van der Waals surface area contributed by atoms with Gasteiger partial charge in [0.2, 0.25) is 0 Å². The summed E-state index contributed by atoms with van der Waals surface area (Å²) in [7, 11) is 0. The summed E-state index contributed by atoms with van der Waals surface area (Å²) in [5.74, 6) is 1.88. The van der Waals surface area contributed by atoms with Crippen LogP contribution < -0.4 is 5.32 Å². The molecular weight excluding hydrogens is 214 g/mol. The molecule has 1 rings (SSSR count). The molecule has 1 atom stereocenters. The van der Waals surface area contributed by atoms with Crippen molar-refractivity contribution in [3.63, 3.8) is 0 Å². The number of thioether (sulfide) groups is 1. The van der Waals surface area contributed by atoms with Gasteiger partial charge < -0.3 is 5.32 Å². The average Bonchev–Trinajstić information content (AvgIpc) is 2.30. The van der Waals surface area contributed by atoms with Gasteiger partial charge in [-0.3, -0.25) is 0 Å². The van der Waals surface area contributed by atoms with E-state index in [0.717, 1.165) is 6.54 Å². The molecule has 0 fully saturated rings. The zero-order valence-corrected chi connectivity index (χ0v) is 11.4. The van der Waals surface area contributed by atoms with Gasteiger partial charge in [-0.2, -0.15) is 11.8 Å². The second-order valence-corrected chi connectivity index (χ2v) is 5.44. The van der Waals surface area contributed by atoms with Gasteiger partial charge in [0, 0.05) is 12.6 Å². The van der Waals surface area contributed by atoms with Crippen LogP contribution in [0.15, 0.2) is 30.3 Å². The van der Waals surface area contributed by atoms with E-state index in [1.54, 1.807) is 0 Å². The lowest BCUT2D eigenvalue weighted by Crippen LogP contribution is -2.28. The Kier molecular flexibility index (Phi) is 6.58. The predicted octanol–water partition coefficient (Wildman–Crippen LogP) is 3.52. The topological polar surface area (TPSA) is 12.0 Å². The van der Waals surface area contributed by atoms with Crippen molar-refractivity contribution < 1.29 is 0 Å². The Balaban J connectivity index is 2.56. The molecule has 0 spiro atoms. The van der Waals surface area contributed by atoms with Crippen LogP contribution in [0.3, 0.4) is 0 Å². The summed E-state index contributed by atoms with van der Waals surface area (Å²) in [6.45, 7) is 5.50. The molecule has 1 N–H and O–H groups in total. The molecule has 16 heavy (non-hydrogen) atoms. The molecule has 0 saturated carbocycles. The van der Waals surface area contributed by atoms with Gasteiger partial charge in [-0.1, -0.05) is 44.2 Å². The third-order valence-corrected chi connectivity index (χ3v) is 3.36. The highest BCUT2D eigenvalue weighted by atomic mass is 32.2. The zero-order chi connectivity index (χ0) is 11.8. The van der Waals surface area contributed by atoms with E-state index in [2.05, 4.69) is 55.8 Å². The summed E-state index contributed by atoms with van der Waals surface area (Å²) in [6, 6.07) is 11.4. The summed E-state index contributed by atoms with van der Waals surface area (Å²) in [4.78, 5) is 0. The second kappa shape index (κ2) is 7.75. The first-order valence-electron chi connectivity index (χ1n) is 6.01. The molecule has 0 bridgehead atoms. The van der Waals surface area contributed by atoms with Crippen LogP contribution in [0.1, 0.15) is 31.7 Å².